The molecule has 1 aromatic carbocycles. The molecule has 0 unspecified atom stereocenters. The molecule has 144 valence electrons. The van der Waals surface area contributed by atoms with Crippen LogP contribution in [0.25, 0.3) is 0 Å². The zero-order chi connectivity index (χ0) is 18.5. The van der Waals surface area contributed by atoms with Gasteiger partial charge < -0.3 is 10.2 Å². The summed E-state index contributed by atoms with van der Waals surface area (Å²) in [6, 6.07) is 10.2. The predicted octanol–water partition coefficient (Wildman–Crippen LogP) is 4.28. The fraction of sp³-hybridized carbons (Fsp3) is 0.550. The molecule has 4 rings (SSSR count). The number of likely N-dealkylation sites (tertiary alicyclic amines) is 1. The van der Waals surface area contributed by atoms with Crippen LogP contribution in [0.3, 0.4) is 0 Å². The lowest BCUT2D eigenvalue weighted by Crippen LogP contribution is -2.45. The number of hydrogen-bond donors (Lipinski definition) is 1. The number of nitrogens with one attached hydrogen (secondary N) is 1. The first-order chi connectivity index (χ1) is 13.3. The maximum atomic E-state index is 12.6. The summed E-state index contributed by atoms with van der Waals surface area (Å²) in [5.74, 6) is 2.30. The summed E-state index contributed by atoms with van der Waals surface area (Å²) in [6.07, 6.45) is 6.57. The van der Waals surface area contributed by atoms with E-state index in [-0.39, 0.29) is 5.91 Å². The van der Waals surface area contributed by atoms with Crippen LogP contribution >= 0.6 is 23.1 Å². The van der Waals surface area contributed by atoms with Crippen LogP contribution in [0.2, 0.25) is 0 Å². The van der Waals surface area contributed by atoms with Crippen LogP contribution < -0.4 is 5.32 Å². The molecule has 1 saturated carbocycles. The van der Waals surface area contributed by atoms with Gasteiger partial charge in [0.05, 0.1) is 5.75 Å². The average Bonchev–Trinajstić information content (AvgIpc) is 3.19. The van der Waals surface area contributed by atoms with E-state index in [1.165, 1.54) is 60.8 Å². The van der Waals surface area contributed by atoms with Gasteiger partial charge in [0.1, 0.15) is 0 Å². The number of benzene rings is 1. The number of fused-ring (bicyclic) bond motifs is 1. The number of hydrogen-bond acceptors (Lipinski definition) is 6. The fourth-order valence-corrected chi connectivity index (χ4v) is 5.81. The van der Waals surface area contributed by atoms with Gasteiger partial charge in [-0.25, -0.2) is 0 Å². The van der Waals surface area contributed by atoms with Gasteiger partial charge in [-0.1, -0.05) is 72.7 Å². The van der Waals surface area contributed by atoms with Gasteiger partial charge in [0.2, 0.25) is 11.0 Å². The van der Waals surface area contributed by atoms with Crippen molar-refractivity contribution in [2.75, 3.05) is 24.2 Å². The number of amides is 1. The Labute approximate surface area is 168 Å². The zero-order valence-corrected chi connectivity index (χ0v) is 17.1. The zero-order valence-electron chi connectivity index (χ0n) is 15.5. The highest BCUT2D eigenvalue weighted by Gasteiger charge is 2.32. The van der Waals surface area contributed by atoms with Crippen molar-refractivity contribution < 1.29 is 4.79 Å². The second-order valence-electron chi connectivity index (χ2n) is 7.43. The molecule has 2 atom stereocenters. The first kappa shape index (κ1) is 18.7. The van der Waals surface area contributed by atoms with Gasteiger partial charge in [0.25, 0.3) is 0 Å². The van der Waals surface area contributed by atoms with Crippen LogP contribution in [-0.2, 0) is 11.3 Å². The van der Waals surface area contributed by atoms with Crippen molar-refractivity contribution in [3.8, 4) is 0 Å². The quantitative estimate of drug-likeness (QED) is 0.731. The van der Waals surface area contributed by atoms with E-state index in [4.69, 9.17) is 0 Å². The molecule has 1 N–H and O–H groups in total. The van der Waals surface area contributed by atoms with Crippen molar-refractivity contribution >= 4 is 34.1 Å². The topological polar surface area (TPSA) is 58.1 Å². The second-order valence-corrected chi connectivity index (χ2v) is 9.63. The lowest BCUT2D eigenvalue weighted by Gasteiger charge is -2.41. The summed E-state index contributed by atoms with van der Waals surface area (Å²) in [4.78, 5) is 14.7. The second kappa shape index (κ2) is 9.06. The third kappa shape index (κ3) is 5.02. The maximum absolute atomic E-state index is 12.6. The van der Waals surface area contributed by atoms with Gasteiger partial charge in [-0.15, -0.1) is 10.2 Å². The SMILES string of the molecule is O=C(CSc1nnc(NCc2ccccc2)s1)N1CC[C@H]2CCCC[C@@H]2C1. The highest BCUT2D eigenvalue weighted by molar-refractivity contribution is 8.01. The molecule has 2 aromatic rings. The van der Waals surface area contributed by atoms with E-state index >= 15 is 0 Å². The summed E-state index contributed by atoms with van der Waals surface area (Å²) in [5, 5.41) is 12.5. The number of carbonyl (C=O) groups is 1. The molecule has 27 heavy (non-hydrogen) atoms. The van der Waals surface area contributed by atoms with Crippen molar-refractivity contribution in [3.63, 3.8) is 0 Å². The molecule has 1 amide bonds. The van der Waals surface area contributed by atoms with Crippen LogP contribution in [0.4, 0.5) is 5.13 Å². The Morgan fingerprint density at radius 2 is 1.96 bits per heavy atom. The molecule has 1 saturated heterocycles. The molecule has 1 aliphatic heterocycles. The Hall–Kier alpha value is -1.60. The molecule has 1 aromatic heterocycles. The van der Waals surface area contributed by atoms with Crippen molar-refractivity contribution in [3.05, 3.63) is 35.9 Å². The molecule has 2 fully saturated rings. The first-order valence-corrected chi connectivity index (χ1v) is 11.6. The van der Waals surface area contributed by atoms with Gasteiger partial charge in [-0.3, -0.25) is 4.79 Å². The van der Waals surface area contributed by atoms with Crippen LogP contribution in [0.15, 0.2) is 34.7 Å². The third-order valence-electron chi connectivity index (χ3n) is 5.66. The van der Waals surface area contributed by atoms with Gasteiger partial charge in [-0.05, 0) is 30.2 Å². The van der Waals surface area contributed by atoms with Crippen LogP contribution in [0.1, 0.15) is 37.7 Å². The average molecular weight is 403 g/mol. The number of piperidine rings is 1. The van der Waals surface area contributed by atoms with Crippen molar-refractivity contribution in [1.82, 2.24) is 15.1 Å². The molecule has 2 heterocycles. The maximum Gasteiger partial charge on any atom is 0.233 e. The molecule has 7 heteroatoms. The van der Waals surface area contributed by atoms with Gasteiger partial charge >= 0.3 is 0 Å². The number of nitrogens with zero attached hydrogens (tertiary/aromatic N) is 3. The number of thioether (sulfide) groups is 1. The van der Waals surface area contributed by atoms with E-state index in [0.29, 0.717) is 5.75 Å². The van der Waals surface area contributed by atoms with Crippen molar-refractivity contribution in [1.29, 1.82) is 0 Å². The molecule has 2 aliphatic rings. The lowest BCUT2D eigenvalue weighted by atomic mass is 9.75. The van der Waals surface area contributed by atoms with Crippen molar-refractivity contribution in [2.24, 2.45) is 11.8 Å². The largest absolute Gasteiger partial charge is 0.356 e. The van der Waals surface area contributed by atoms with Crippen molar-refractivity contribution in [2.45, 2.75) is 43.0 Å². The molecule has 5 nitrogen and oxygen atoms in total. The summed E-state index contributed by atoms with van der Waals surface area (Å²) in [7, 11) is 0. The first-order valence-electron chi connectivity index (χ1n) is 9.80. The Morgan fingerprint density at radius 1 is 1.15 bits per heavy atom. The molecular weight excluding hydrogens is 376 g/mol. The van der Waals surface area contributed by atoms with E-state index in [1.54, 1.807) is 0 Å². The summed E-state index contributed by atoms with van der Waals surface area (Å²) < 4.78 is 0.853. The predicted molar refractivity (Wildman–Crippen MR) is 111 cm³/mol. The minimum atomic E-state index is 0.248. The fourth-order valence-electron chi connectivity index (χ4n) is 4.16. The highest BCUT2D eigenvalue weighted by atomic mass is 32.2. The number of anilines is 1. The highest BCUT2D eigenvalue weighted by Crippen LogP contribution is 2.36. The standard InChI is InChI=1S/C20H26N4OS2/c25-18(24-11-10-16-8-4-5-9-17(16)13-24)14-26-20-23-22-19(27-20)21-12-15-6-2-1-3-7-15/h1-3,6-7,16-17H,4-5,8-14H2,(H,21,22)/t16-,17-/m1/s1. The summed E-state index contributed by atoms with van der Waals surface area (Å²) in [6.45, 7) is 2.63. The molecule has 1 aliphatic carbocycles. The minimum absolute atomic E-state index is 0.248. The van der Waals surface area contributed by atoms with E-state index in [0.717, 1.165) is 40.9 Å². The smallest absolute Gasteiger partial charge is 0.233 e. The Kier molecular flexibility index (Phi) is 6.29. The number of aromatic nitrogens is 2. The van der Waals surface area contributed by atoms with Gasteiger partial charge in [0.15, 0.2) is 4.34 Å². The monoisotopic (exact) mass is 402 g/mol. The number of carbonyl (C=O) groups excluding carboxylic acids is 1. The molecule has 0 spiro atoms. The van der Waals surface area contributed by atoms with Gasteiger partial charge in [0, 0.05) is 19.6 Å². The normalized spacial score (nSPS) is 22.3. The molecular formula is C20H26N4OS2. The van der Waals surface area contributed by atoms with Crippen LogP contribution in [0.5, 0.6) is 0 Å². The third-order valence-corrected chi connectivity index (χ3v) is 7.66. The molecule has 0 radical (unpaired) electrons. The van der Waals surface area contributed by atoms with E-state index in [1.807, 2.05) is 18.2 Å². The van der Waals surface area contributed by atoms with E-state index < -0.39 is 0 Å². The van der Waals surface area contributed by atoms with E-state index in [9.17, 15) is 4.79 Å². The Balaban J connectivity index is 1.23. The minimum Gasteiger partial charge on any atom is -0.356 e. The van der Waals surface area contributed by atoms with Crippen LogP contribution in [0, 0.1) is 11.8 Å². The van der Waals surface area contributed by atoms with Gasteiger partial charge in [-0.2, -0.15) is 0 Å². The van der Waals surface area contributed by atoms with E-state index in [2.05, 4.69) is 32.5 Å². The summed E-state index contributed by atoms with van der Waals surface area (Å²) in [5.41, 5.74) is 1.21. The molecule has 0 bridgehead atoms. The Bertz CT molecular complexity index is 751. The Morgan fingerprint density at radius 3 is 2.81 bits per heavy atom. The van der Waals surface area contributed by atoms with Crippen LogP contribution in [-0.4, -0.2) is 39.8 Å². The lowest BCUT2D eigenvalue weighted by molar-refractivity contribution is -0.131. The number of rotatable bonds is 6. The summed E-state index contributed by atoms with van der Waals surface area (Å²) >= 11 is 3.03.